The Morgan fingerprint density at radius 2 is 1.81 bits per heavy atom. The number of ether oxygens (including phenoxy) is 1. The summed E-state index contributed by atoms with van der Waals surface area (Å²) in [7, 11) is 1.62. The Kier molecular flexibility index (Phi) is 5.25. The molecule has 0 saturated carbocycles. The van der Waals surface area contributed by atoms with Crippen molar-refractivity contribution in [3.8, 4) is 17.0 Å². The van der Waals surface area contributed by atoms with Gasteiger partial charge in [0.05, 0.1) is 12.7 Å². The highest BCUT2D eigenvalue weighted by atomic mass is 35.5. The summed E-state index contributed by atoms with van der Waals surface area (Å²) in [4.78, 5) is 11.8. The molecule has 0 spiro atoms. The first-order chi connectivity index (χ1) is 12.4. The number of hydrogen-bond donors (Lipinski definition) is 1. The van der Waals surface area contributed by atoms with Gasteiger partial charge in [0.25, 0.3) is 5.91 Å². The molecule has 3 aromatic rings. The highest BCUT2D eigenvalue weighted by Gasteiger charge is 2.18. The molecule has 1 aromatic heterocycles. The Bertz CT molecular complexity index is 963. The quantitative estimate of drug-likeness (QED) is 0.673. The summed E-state index contributed by atoms with van der Waals surface area (Å²) >= 11 is 12.3. The van der Waals surface area contributed by atoms with Crippen LogP contribution in [0.2, 0.25) is 10.0 Å². The summed E-state index contributed by atoms with van der Waals surface area (Å²) < 4.78 is 7.24. The lowest BCUT2D eigenvalue weighted by Gasteiger charge is -2.14. The average molecular weight is 389 g/mol. The lowest BCUT2D eigenvalue weighted by Crippen LogP contribution is -2.12. The zero-order valence-electron chi connectivity index (χ0n) is 14.4. The molecule has 0 aliphatic rings. The van der Waals surface area contributed by atoms with Gasteiger partial charge in [0, 0.05) is 28.0 Å². The molecule has 6 heteroatoms. The summed E-state index contributed by atoms with van der Waals surface area (Å²) in [6.45, 7) is 2.37. The van der Waals surface area contributed by atoms with E-state index in [0.717, 1.165) is 28.3 Å². The molecule has 2 N–H and O–H groups in total. The summed E-state index contributed by atoms with van der Waals surface area (Å²) in [5.41, 5.74) is 9.55. The molecular weight excluding hydrogens is 371 g/mol. The van der Waals surface area contributed by atoms with Crippen LogP contribution in [0.15, 0.2) is 48.5 Å². The first-order valence-corrected chi connectivity index (χ1v) is 8.74. The SMILES string of the molecule is COc1ccc(-c2cc(C(N)=O)c(C)n2Cc2ccc(Cl)cc2Cl)cc1. The molecule has 0 aliphatic carbocycles. The third kappa shape index (κ3) is 3.57. The minimum absolute atomic E-state index is 0.460. The van der Waals surface area contributed by atoms with Gasteiger partial charge >= 0.3 is 0 Å². The summed E-state index contributed by atoms with van der Waals surface area (Å²) in [6.07, 6.45) is 0. The lowest BCUT2D eigenvalue weighted by atomic mass is 10.1. The number of nitrogens with zero attached hydrogens (tertiary/aromatic N) is 1. The number of nitrogens with two attached hydrogens (primary N) is 1. The summed E-state index contributed by atoms with van der Waals surface area (Å²) in [5, 5.41) is 1.16. The van der Waals surface area contributed by atoms with Crippen LogP contribution in [0, 0.1) is 6.92 Å². The first kappa shape index (κ1) is 18.4. The third-order valence-electron chi connectivity index (χ3n) is 4.36. The summed E-state index contributed by atoms with van der Waals surface area (Å²) in [5.74, 6) is 0.303. The monoisotopic (exact) mass is 388 g/mol. The van der Waals surface area contributed by atoms with Crippen LogP contribution < -0.4 is 10.5 Å². The number of rotatable bonds is 5. The number of primary amides is 1. The number of benzene rings is 2. The van der Waals surface area contributed by atoms with E-state index in [1.807, 2.05) is 47.9 Å². The van der Waals surface area contributed by atoms with Gasteiger partial charge in [0.15, 0.2) is 0 Å². The molecule has 26 heavy (non-hydrogen) atoms. The van der Waals surface area contributed by atoms with Crippen LogP contribution in [0.1, 0.15) is 21.6 Å². The zero-order chi connectivity index (χ0) is 18.8. The minimum atomic E-state index is -0.460. The van der Waals surface area contributed by atoms with Gasteiger partial charge in [0.1, 0.15) is 5.75 Å². The second-order valence-corrected chi connectivity index (χ2v) is 6.79. The van der Waals surface area contributed by atoms with Gasteiger partial charge in [-0.2, -0.15) is 0 Å². The van der Waals surface area contributed by atoms with Crippen molar-refractivity contribution in [2.45, 2.75) is 13.5 Å². The Morgan fingerprint density at radius 1 is 1.12 bits per heavy atom. The molecule has 3 rings (SSSR count). The predicted molar refractivity (Wildman–Crippen MR) is 105 cm³/mol. The smallest absolute Gasteiger partial charge is 0.250 e. The molecule has 0 atom stereocenters. The van der Waals surface area contributed by atoms with E-state index in [9.17, 15) is 4.79 Å². The molecule has 4 nitrogen and oxygen atoms in total. The topological polar surface area (TPSA) is 57.2 Å². The predicted octanol–water partition coefficient (Wildman–Crippen LogP) is 4.93. The highest BCUT2D eigenvalue weighted by molar-refractivity contribution is 6.35. The molecule has 0 radical (unpaired) electrons. The van der Waals surface area contributed by atoms with Gasteiger partial charge in [-0.05, 0) is 60.5 Å². The van der Waals surface area contributed by atoms with E-state index in [1.165, 1.54) is 0 Å². The van der Waals surface area contributed by atoms with Crippen molar-refractivity contribution >= 4 is 29.1 Å². The van der Waals surface area contributed by atoms with E-state index in [2.05, 4.69) is 0 Å². The molecule has 134 valence electrons. The average Bonchev–Trinajstić information content (AvgIpc) is 2.94. The maximum Gasteiger partial charge on any atom is 0.250 e. The van der Waals surface area contributed by atoms with E-state index in [1.54, 1.807) is 19.2 Å². The number of hydrogen-bond acceptors (Lipinski definition) is 2. The van der Waals surface area contributed by atoms with Crippen LogP contribution in [0.25, 0.3) is 11.3 Å². The number of halogens is 2. The number of amides is 1. The lowest BCUT2D eigenvalue weighted by molar-refractivity contribution is 0.0999. The first-order valence-electron chi connectivity index (χ1n) is 7.99. The molecule has 0 bridgehead atoms. The van der Waals surface area contributed by atoms with E-state index in [0.29, 0.717) is 22.2 Å². The second kappa shape index (κ2) is 7.44. The maximum atomic E-state index is 11.8. The number of carbonyl (C=O) groups excluding carboxylic acids is 1. The standard InChI is InChI=1S/C20H18Cl2N2O2/c1-12-17(20(23)25)10-19(13-4-7-16(26-2)8-5-13)24(12)11-14-3-6-15(21)9-18(14)22/h3-10H,11H2,1-2H3,(H2,23,25). The van der Waals surface area contributed by atoms with Gasteiger partial charge in [-0.1, -0.05) is 29.3 Å². The molecular formula is C20H18Cl2N2O2. The maximum absolute atomic E-state index is 11.8. The van der Waals surface area contributed by atoms with Crippen LogP contribution in [0.4, 0.5) is 0 Å². The Balaban J connectivity index is 2.11. The van der Waals surface area contributed by atoms with E-state index >= 15 is 0 Å². The zero-order valence-corrected chi connectivity index (χ0v) is 15.9. The van der Waals surface area contributed by atoms with Crippen molar-refractivity contribution < 1.29 is 9.53 Å². The molecule has 1 amide bonds. The van der Waals surface area contributed by atoms with E-state index < -0.39 is 5.91 Å². The van der Waals surface area contributed by atoms with Crippen LogP contribution in [0.5, 0.6) is 5.75 Å². The van der Waals surface area contributed by atoms with E-state index in [4.69, 9.17) is 33.7 Å². The molecule has 0 fully saturated rings. The van der Waals surface area contributed by atoms with Crippen molar-refractivity contribution in [2.75, 3.05) is 7.11 Å². The van der Waals surface area contributed by atoms with Crippen LogP contribution in [-0.4, -0.2) is 17.6 Å². The largest absolute Gasteiger partial charge is 0.497 e. The van der Waals surface area contributed by atoms with Gasteiger partial charge < -0.3 is 15.0 Å². The van der Waals surface area contributed by atoms with Crippen molar-refractivity contribution in [1.29, 1.82) is 0 Å². The second-order valence-electron chi connectivity index (χ2n) is 5.94. The number of methoxy groups -OCH3 is 1. The molecule has 0 saturated heterocycles. The fraction of sp³-hybridized carbons (Fsp3) is 0.150. The Labute approximate surface area is 162 Å². The van der Waals surface area contributed by atoms with Crippen molar-refractivity contribution in [3.05, 3.63) is 75.4 Å². The van der Waals surface area contributed by atoms with Gasteiger partial charge in [-0.3, -0.25) is 4.79 Å². The Hall–Kier alpha value is -2.43. The minimum Gasteiger partial charge on any atom is -0.497 e. The summed E-state index contributed by atoms with van der Waals surface area (Å²) in [6, 6.07) is 14.8. The fourth-order valence-corrected chi connectivity index (χ4v) is 3.39. The van der Waals surface area contributed by atoms with Gasteiger partial charge in [-0.25, -0.2) is 0 Å². The van der Waals surface area contributed by atoms with Crippen molar-refractivity contribution in [2.24, 2.45) is 5.73 Å². The van der Waals surface area contributed by atoms with E-state index in [-0.39, 0.29) is 0 Å². The number of aromatic nitrogens is 1. The molecule has 1 heterocycles. The Morgan fingerprint density at radius 3 is 2.38 bits per heavy atom. The number of carbonyl (C=O) groups is 1. The van der Waals surface area contributed by atoms with Gasteiger partial charge in [-0.15, -0.1) is 0 Å². The van der Waals surface area contributed by atoms with Crippen LogP contribution in [0.3, 0.4) is 0 Å². The van der Waals surface area contributed by atoms with Crippen LogP contribution >= 0.6 is 23.2 Å². The molecule has 0 aliphatic heterocycles. The van der Waals surface area contributed by atoms with Crippen LogP contribution in [-0.2, 0) is 6.54 Å². The van der Waals surface area contributed by atoms with Gasteiger partial charge in [0.2, 0.25) is 0 Å². The molecule has 2 aromatic carbocycles. The highest BCUT2D eigenvalue weighted by Crippen LogP contribution is 2.30. The third-order valence-corrected chi connectivity index (χ3v) is 4.95. The normalized spacial score (nSPS) is 10.8. The van der Waals surface area contributed by atoms with Crippen molar-refractivity contribution in [1.82, 2.24) is 4.57 Å². The van der Waals surface area contributed by atoms with Crippen molar-refractivity contribution in [3.63, 3.8) is 0 Å². The fourth-order valence-electron chi connectivity index (χ4n) is 2.92. The molecule has 0 unspecified atom stereocenters.